The Morgan fingerprint density at radius 3 is 2.27 bits per heavy atom. The standard InChI is InChI=1S/C15H12ClNO4S/c1-2-17-13-5-3-9(15(16)18)7-11(13)12-8-10(22(19,20)21)4-6-14(12)17/h3-8H,2H2,1H3,(H,19,20,21). The van der Waals surface area contributed by atoms with Crippen molar-refractivity contribution in [1.29, 1.82) is 0 Å². The Hall–Kier alpha value is -1.89. The normalized spacial score (nSPS) is 12.1. The second-order valence-electron chi connectivity index (χ2n) is 4.90. The number of aryl methyl sites for hydroxylation is 1. The smallest absolute Gasteiger partial charge is 0.294 e. The molecule has 0 bridgehead atoms. The lowest BCUT2D eigenvalue weighted by Crippen LogP contribution is -1.98. The van der Waals surface area contributed by atoms with E-state index in [0.29, 0.717) is 22.9 Å². The molecule has 22 heavy (non-hydrogen) atoms. The fraction of sp³-hybridized carbons (Fsp3) is 0.133. The summed E-state index contributed by atoms with van der Waals surface area (Å²) in [5, 5.41) is 0.783. The predicted octanol–water partition coefficient (Wildman–Crippen LogP) is 3.44. The van der Waals surface area contributed by atoms with Gasteiger partial charge in [-0.1, -0.05) is 0 Å². The molecule has 0 unspecified atom stereocenters. The van der Waals surface area contributed by atoms with E-state index >= 15 is 0 Å². The van der Waals surface area contributed by atoms with Gasteiger partial charge in [0.1, 0.15) is 0 Å². The van der Waals surface area contributed by atoms with Crippen LogP contribution in [-0.2, 0) is 16.7 Å². The summed E-state index contributed by atoms with van der Waals surface area (Å²) < 4.78 is 33.9. The maximum atomic E-state index is 11.4. The lowest BCUT2D eigenvalue weighted by atomic mass is 10.1. The molecule has 5 nitrogen and oxygen atoms in total. The molecule has 0 saturated heterocycles. The highest BCUT2D eigenvalue weighted by molar-refractivity contribution is 7.85. The minimum atomic E-state index is -4.29. The summed E-state index contributed by atoms with van der Waals surface area (Å²) in [6, 6.07) is 9.45. The van der Waals surface area contributed by atoms with E-state index in [-0.39, 0.29) is 4.90 Å². The van der Waals surface area contributed by atoms with Crippen molar-refractivity contribution < 1.29 is 17.8 Å². The lowest BCUT2D eigenvalue weighted by molar-refractivity contribution is 0.108. The molecular weight excluding hydrogens is 326 g/mol. The summed E-state index contributed by atoms with van der Waals surface area (Å²) in [6.45, 7) is 2.65. The number of aromatic nitrogens is 1. The monoisotopic (exact) mass is 337 g/mol. The Kier molecular flexibility index (Phi) is 3.47. The van der Waals surface area contributed by atoms with Gasteiger partial charge in [-0.15, -0.1) is 0 Å². The largest absolute Gasteiger partial charge is 0.341 e. The van der Waals surface area contributed by atoms with Crippen molar-refractivity contribution in [2.45, 2.75) is 18.4 Å². The van der Waals surface area contributed by atoms with Crippen LogP contribution in [-0.4, -0.2) is 22.8 Å². The average molecular weight is 338 g/mol. The second-order valence-corrected chi connectivity index (χ2v) is 6.67. The van der Waals surface area contributed by atoms with Gasteiger partial charge in [0.15, 0.2) is 0 Å². The van der Waals surface area contributed by atoms with Crippen LogP contribution >= 0.6 is 11.6 Å². The van der Waals surface area contributed by atoms with Gasteiger partial charge in [0.25, 0.3) is 15.4 Å². The molecule has 0 fully saturated rings. The van der Waals surface area contributed by atoms with Crippen LogP contribution in [0.1, 0.15) is 17.3 Å². The molecule has 0 spiro atoms. The van der Waals surface area contributed by atoms with Gasteiger partial charge < -0.3 is 4.57 Å². The first-order chi connectivity index (χ1) is 10.3. The number of halogens is 1. The first-order valence-corrected chi connectivity index (χ1v) is 8.38. The Labute approximate surface area is 131 Å². The highest BCUT2D eigenvalue weighted by Gasteiger charge is 2.16. The highest BCUT2D eigenvalue weighted by Crippen LogP contribution is 2.31. The van der Waals surface area contributed by atoms with E-state index in [1.807, 2.05) is 11.5 Å². The molecule has 1 aromatic heterocycles. The molecule has 0 saturated carbocycles. The summed E-state index contributed by atoms with van der Waals surface area (Å²) in [7, 11) is -4.29. The topological polar surface area (TPSA) is 76.4 Å². The van der Waals surface area contributed by atoms with Gasteiger partial charge in [0.2, 0.25) is 0 Å². The molecule has 0 atom stereocenters. The fourth-order valence-electron chi connectivity index (χ4n) is 2.71. The van der Waals surface area contributed by atoms with Crippen LogP contribution < -0.4 is 0 Å². The molecule has 0 aliphatic heterocycles. The van der Waals surface area contributed by atoms with E-state index in [4.69, 9.17) is 11.6 Å². The Morgan fingerprint density at radius 1 is 1.14 bits per heavy atom. The van der Waals surface area contributed by atoms with E-state index in [9.17, 15) is 17.8 Å². The van der Waals surface area contributed by atoms with Gasteiger partial charge >= 0.3 is 0 Å². The molecule has 1 heterocycles. The van der Waals surface area contributed by atoms with Crippen LogP contribution in [0.5, 0.6) is 0 Å². The quantitative estimate of drug-likeness (QED) is 0.586. The molecule has 114 valence electrons. The van der Waals surface area contributed by atoms with Crippen LogP contribution in [0.25, 0.3) is 21.8 Å². The predicted molar refractivity (Wildman–Crippen MR) is 85.1 cm³/mol. The van der Waals surface area contributed by atoms with Crippen molar-refractivity contribution in [1.82, 2.24) is 4.57 Å². The van der Waals surface area contributed by atoms with Crippen molar-refractivity contribution in [2.75, 3.05) is 0 Å². The number of rotatable bonds is 3. The van der Waals surface area contributed by atoms with E-state index in [1.54, 1.807) is 24.3 Å². The van der Waals surface area contributed by atoms with Crippen molar-refractivity contribution >= 4 is 48.8 Å². The van der Waals surface area contributed by atoms with E-state index < -0.39 is 15.4 Å². The number of carbonyl (C=O) groups is 1. The summed E-state index contributed by atoms with van der Waals surface area (Å²) in [5.41, 5.74) is 2.03. The van der Waals surface area contributed by atoms with Crippen LogP contribution in [0.4, 0.5) is 0 Å². The number of hydrogen-bond donors (Lipinski definition) is 1. The lowest BCUT2D eigenvalue weighted by Gasteiger charge is -2.03. The molecular formula is C15H12ClNO4S. The van der Waals surface area contributed by atoms with Crippen LogP contribution in [0.3, 0.4) is 0 Å². The van der Waals surface area contributed by atoms with E-state index in [1.165, 1.54) is 12.1 Å². The SMILES string of the molecule is CCn1c2ccc(C(=O)Cl)cc2c2cc(S(=O)(=O)O)ccc21. The molecule has 0 radical (unpaired) electrons. The zero-order valence-electron chi connectivity index (χ0n) is 11.6. The number of fused-ring (bicyclic) bond motifs is 3. The summed E-state index contributed by atoms with van der Waals surface area (Å²) in [5.74, 6) is 0. The second kappa shape index (κ2) is 5.08. The first kappa shape index (κ1) is 15.0. The average Bonchev–Trinajstić information content (AvgIpc) is 2.78. The van der Waals surface area contributed by atoms with Gasteiger partial charge in [-0.05, 0) is 54.9 Å². The molecule has 0 aliphatic carbocycles. The van der Waals surface area contributed by atoms with Gasteiger partial charge in [-0.2, -0.15) is 8.42 Å². The van der Waals surface area contributed by atoms with E-state index in [2.05, 4.69) is 0 Å². The molecule has 7 heteroatoms. The Balaban J connectivity index is 2.47. The van der Waals surface area contributed by atoms with Crippen molar-refractivity contribution in [2.24, 2.45) is 0 Å². The fourth-order valence-corrected chi connectivity index (χ4v) is 3.33. The minimum absolute atomic E-state index is 0.183. The Bertz CT molecular complexity index is 1020. The number of nitrogens with zero attached hydrogens (tertiary/aromatic N) is 1. The zero-order chi connectivity index (χ0) is 16.1. The van der Waals surface area contributed by atoms with Gasteiger partial charge in [0, 0.05) is 33.9 Å². The summed E-state index contributed by atoms with van der Waals surface area (Å²) in [6.07, 6.45) is 0. The van der Waals surface area contributed by atoms with E-state index in [0.717, 1.165) is 11.0 Å². The first-order valence-electron chi connectivity index (χ1n) is 6.56. The van der Waals surface area contributed by atoms with Crippen LogP contribution in [0, 0.1) is 0 Å². The molecule has 1 N–H and O–H groups in total. The number of benzene rings is 2. The van der Waals surface area contributed by atoms with Crippen molar-refractivity contribution in [3.63, 3.8) is 0 Å². The van der Waals surface area contributed by atoms with Gasteiger partial charge in [0.05, 0.1) is 4.90 Å². The van der Waals surface area contributed by atoms with Crippen LogP contribution in [0.2, 0.25) is 0 Å². The maximum absolute atomic E-state index is 11.4. The summed E-state index contributed by atoms with van der Waals surface area (Å²) in [4.78, 5) is 11.2. The molecule has 0 aliphatic rings. The highest BCUT2D eigenvalue weighted by atomic mass is 35.5. The van der Waals surface area contributed by atoms with Crippen LogP contribution in [0.15, 0.2) is 41.3 Å². The van der Waals surface area contributed by atoms with Crippen molar-refractivity contribution in [3.8, 4) is 0 Å². The number of carbonyl (C=O) groups excluding carboxylic acids is 1. The van der Waals surface area contributed by atoms with Gasteiger partial charge in [-0.25, -0.2) is 0 Å². The maximum Gasteiger partial charge on any atom is 0.294 e. The number of hydrogen-bond acceptors (Lipinski definition) is 3. The molecule has 3 rings (SSSR count). The third kappa shape index (κ3) is 2.29. The van der Waals surface area contributed by atoms with Crippen molar-refractivity contribution in [3.05, 3.63) is 42.0 Å². The molecule has 0 amide bonds. The zero-order valence-corrected chi connectivity index (χ0v) is 13.1. The minimum Gasteiger partial charge on any atom is -0.341 e. The Morgan fingerprint density at radius 2 is 1.73 bits per heavy atom. The summed E-state index contributed by atoms with van der Waals surface area (Å²) >= 11 is 5.52. The third-order valence-electron chi connectivity index (χ3n) is 3.68. The molecule has 3 aromatic rings. The molecule has 2 aromatic carbocycles. The van der Waals surface area contributed by atoms with Gasteiger partial charge in [-0.3, -0.25) is 9.35 Å². The third-order valence-corrected chi connectivity index (χ3v) is 4.75.